The number of thioether (sulfide) groups is 1. The van der Waals surface area contributed by atoms with Gasteiger partial charge in [0.1, 0.15) is 0 Å². The van der Waals surface area contributed by atoms with Crippen molar-refractivity contribution < 1.29 is 0 Å². The molecule has 1 heterocycles. The van der Waals surface area contributed by atoms with Crippen molar-refractivity contribution in [3.05, 3.63) is 60.7 Å². The molecule has 0 saturated heterocycles. The average molecular weight is 200 g/mol. The van der Waals surface area contributed by atoms with E-state index in [4.69, 9.17) is 0 Å². The van der Waals surface area contributed by atoms with Crippen molar-refractivity contribution in [1.82, 2.24) is 0 Å². The molecule has 1 heteroatoms. The summed E-state index contributed by atoms with van der Waals surface area (Å²) in [6.07, 6.45) is 3.86. The molecule has 0 atom stereocenters. The van der Waals surface area contributed by atoms with Gasteiger partial charge in [-0.2, -0.15) is 0 Å². The first kappa shape index (κ1) is 9.35. The number of fused-ring (bicyclic) bond motifs is 1. The highest BCUT2D eigenvalue weighted by Crippen LogP contribution is 2.37. The maximum atomic E-state index is 3.87. The van der Waals surface area contributed by atoms with Gasteiger partial charge in [-0.1, -0.05) is 43.5 Å². The number of hydrogen-bond donors (Lipinski definition) is 0. The second-order valence-corrected chi connectivity index (χ2v) is 4.15. The van der Waals surface area contributed by atoms with Crippen molar-refractivity contribution in [2.45, 2.75) is 4.90 Å². The fourth-order valence-electron chi connectivity index (χ4n) is 1.63. The molecule has 1 aromatic carbocycles. The fourth-order valence-corrected chi connectivity index (χ4v) is 2.72. The van der Waals surface area contributed by atoms with Crippen LogP contribution in [0.1, 0.15) is 5.56 Å². The summed E-state index contributed by atoms with van der Waals surface area (Å²) in [6.45, 7) is 7.70. The second kappa shape index (κ2) is 3.89. The molecule has 2 rings (SSSR count). The first-order valence-corrected chi connectivity index (χ1v) is 5.55. The molecule has 1 aromatic rings. The summed E-state index contributed by atoms with van der Waals surface area (Å²) in [5.74, 6) is 1.00. The van der Waals surface area contributed by atoms with Crippen LogP contribution >= 0.6 is 11.8 Å². The van der Waals surface area contributed by atoms with E-state index in [1.165, 1.54) is 21.6 Å². The summed E-state index contributed by atoms with van der Waals surface area (Å²) < 4.78 is 0. The highest BCUT2D eigenvalue weighted by molar-refractivity contribution is 7.99. The van der Waals surface area contributed by atoms with Gasteiger partial charge in [0, 0.05) is 10.6 Å². The van der Waals surface area contributed by atoms with Gasteiger partial charge in [-0.25, -0.2) is 0 Å². The Morgan fingerprint density at radius 1 is 1.14 bits per heavy atom. The van der Waals surface area contributed by atoms with E-state index >= 15 is 0 Å². The SMILES string of the molecule is C=CC1=C(C=C)c2ccccc2SC1. The van der Waals surface area contributed by atoms with Crippen LogP contribution in [0.15, 0.2) is 60.0 Å². The van der Waals surface area contributed by atoms with Crippen molar-refractivity contribution >= 4 is 17.3 Å². The van der Waals surface area contributed by atoms with Crippen LogP contribution in [-0.4, -0.2) is 5.75 Å². The first-order chi connectivity index (χ1) is 6.86. The topological polar surface area (TPSA) is 0 Å². The van der Waals surface area contributed by atoms with E-state index in [1.807, 2.05) is 23.9 Å². The van der Waals surface area contributed by atoms with Crippen LogP contribution in [0.5, 0.6) is 0 Å². The fraction of sp³-hybridized carbons (Fsp3) is 0.0769. The van der Waals surface area contributed by atoms with E-state index in [9.17, 15) is 0 Å². The van der Waals surface area contributed by atoms with Crippen LogP contribution in [0.2, 0.25) is 0 Å². The van der Waals surface area contributed by atoms with E-state index in [2.05, 4.69) is 37.4 Å². The molecule has 0 saturated carbocycles. The number of allylic oxidation sites excluding steroid dienone is 3. The Kier molecular flexibility index (Phi) is 2.60. The molecule has 0 bridgehead atoms. The zero-order valence-electron chi connectivity index (χ0n) is 7.99. The summed E-state index contributed by atoms with van der Waals surface area (Å²) in [6, 6.07) is 8.44. The minimum absolute atomic E-state index is 1.00. The van der Waals surface area contributed by atoms with Crippen LogP contribution in [0.25, 0.3) is 5.57 Å². The van der Waals surface area contributed by atoms with Crippen LogP contribution in [0.3, 0.4) is 0 Å². The molecule has 0 aliphatic carbocycles. The molecular formula is C13H12S. The highest BCUT2D eigenvalue weighted by atomic mass is 32.2. The molecule has 0 fully saturated rings. The molecule has 1 aliphatic rings. The maximum Gasteiger partial charge on any atom is 0.0238 e. The van der Waals surface area contributed by atoms with E-state index in [-0.39, 0.29) is 0 Å². The zero-order chi connectivity index (χ0) is 9.97. The molecule has 0 radical (unpaired) electrons. The lowest BCUT2D eigenvalue weighted by Crippen LogP contribution is -1.98. The summed E-state index contributed by atoms with van der Waals surface area (Å²) in [4.78, 5) is 1.34. The zero-order valence-corrected chi connectivity index (χ0v) is 8.81. The monoisotopic (exact) mass is 200 g/mol. The van der Waals surface area contributed by atoms with E-state index in [0.29, 0.717) is 0 Å². The third kappa shape index (κ3) is 1.44. The lowest BCUT2D eigenvalue weighted by Gasteiger charge is -2.18. The van der Waals surface area contributed by atoms with Gasteiger partial charge in [-0.15, -0.1) is 11.8 Å². The Bertz CT molecular complexity index is 413. The molecule has 0 N–H and O–H groups in total. The lowest BCUT2D eigenvalue weighted by atomic mass is 10.0. The highest BCUT2D eigenvalue weighted by Gasteiger charge is 2.14. The smallest absolute Gasteiger partial charge is 0.0238 e. The van der Waals surface area contributed by atoms with Crippen molar-refractivity contribution in [3.63, 3.8) is 0 Å². The largest absolute Gasteiger partial charge is 0.121 e. The quantitative estimate of drug-likeness (QED) is 0.697. The van der Waals surface area contributed by atoms with Gasteiger partial charge < -0.3 is 0 Å². The Morgan fingerprint density at radius 3 is 2.64 bits per heavy atom. The predicted molar refractivity (Wildman–Crippen MR) is 64.5 cm³/mol. The van der Waals surface area contributed by atoms with Gasteiger partial charge in [0.05, 0.1) is 0 Å². The summed E-state index contributed by atoms with van der Waals surface area (Å²) >= 11 is 1.86. The number of hydrogen-bond acceptors (Lipinski definition) is 1. The van der Waals surface area contributed by atoms with E-state index in [1.54, 1.807) is 0 Å². The molecule has 0 spiro atoms. The van der Waals surface area contributed by atoms with Crippen LogP contribution < -0.4 is 0 Å². The molecule has 1 aliphatic heterocycles. The second-order valence-electron chi connectivity index (χ2n) is 3.13. The lowest BCUT2D eigenvalue weighted by molar-refractivity contribution is 1.35. The van der Waals surface area contributed by atoms with Crippen LogP contribution in [-0.2, 0) is 0 Å². The van der Waals surface area contributed by atoms with E-state index < -0.39 is 0 Å². The van der Waals surface area contributed by atoms with Crippen LogP contribution in [0, 0.1) is 0 Å². The average Bonchev–Trinajstić information content (AvgIpc) is 2.27. The minimum atomic E-state index is 1.00. The molecule has 14 heavy (non-hydrogen) atoms. The maximum absolute atomic E-state index is 3.87. The molecule has 70 valence electrons. The molecule has 0 aromatic heterocycles. The van der Waals surface area contributed by atoms with Gasteiger partial charge in [-0.3, -0.25) is 0 Å². The Labute approximate surface area is 89.0 Å². The molecule has 0 nitrogen and oxygen atoms in total. The van der Waals surface area contributed by atoms with Crippen LogP contribution in [0.4, 0.5) is 0 Å². The van der Waals surface area contributed by atoms with Crippen molar-refractivity contribution in [2.24, 2.45) is 0 Å². The van der Waals surface area contributed by atoms with Crippen molar-refractivity contribution in [2.75, 3.05) is 5.75 Å². The van der Waals surface area contributed by atoms with Gasteiger partial charge in [0.2, 0.25) is 0 Å². The molecule has 0 amide bonds. The van der Waals surface area contributed by atoms with Crippen molar-refractivity contribution in [3.8, 4) is 0 Å². The normalized spacial score (nSPS) is 14.9. The number of rotatable bonds is 2. The Balaban J connectivity index is 2.63. The summed E-state index contributed by atoms with van der Waals surface area (Å²) in [5.41, 5.74) is 3.80. The molecule has 0 unspecified atom stereocenters. The van der Waals surface area contributed by atoms with Crippen molar-refractivity contribution in [1.29, 1.82) is 0 Å². The first-order valence-electron chi connectivity index (χ1n) is 4.57. The van der Waals surface area contributed by atoms with E-state index in [0.717, 1.165) is 5.75 Å². The summed E-state index contributed by atoms with van der Waals surface area (Å²) in [5, 5.41) is 0. The predicted octanol–water partition coefficient (Wildman–Crippen LogP) is 3.92. The standard InChI is InChI=1S/C13H12S/c1-3-10-9-14-13-8-6-5-7-12(13)11(10)4-2/h3-8H,1-2,9H2. The van der Waals surface area contributed by atoms with Gasteiger partial charge in [-0.05, 0) is 22.8 Å². The summed E-state index contributed by atoms with van der Waals surface area (Å²) in [7, 11) is 0. The third-order valence-corrected chi connectivity index (χ3v) is 3.48. The van der Waals surface area contributed by atoms with Gasteiger partial charge in [0.15, 0.2) is 0 Å². The molecular weight excluding hydrogens is 188 g/mol. The van der Waals surface area contributed by atoms with Gasteiger partial charge >= 0.3 is 0 Å². The Morgan fingerprint density at radius 2 is 1.93 bits per heavy atom. The minimum Gasteiger partial charge on any atom is -0.121 e. The third-order valence-electron chi connectivity index (χ3n) is 2.36. The number of benzene rings is 1. The Hall–Kier alpha value is -1.21. The van der Waals surface area contributed by atoms with Gasteiger partial charge in [0.25, 0.3) is 0 Å².